The Kier molecular flexibility index (Phi) is 29.5. The summed E-state index contributed by atoms with van der Waals surface area (Å²) in [5.74, 6) is -0.00366. The van der Waals surface area contributed by atoms with Gasteiger partial charge < -0.3 is 14.2 Å². The molecule has 0 aliphatic rings. The molecule has 0 N–H and O–H groups in total. The van der Waals surface area contributed by atoms with Crippen molar-refractivity contribution in [2.45, 2.75) is 143 Å². The van der Waals surface area contributed by atoms with E-state index in [2.05, 4.69) is 134 Å². The first-order valence-electron chi connectivity index (χ1n) is 18.5. The number of carbonyl (C=O) groups is 2. The summed E-state index contributed by atoms with van der Waals surface area (Å²) < 4.78 is 15.2. The molecule has 5 nitrogen and oxygen atoms in total. The van der Waals surface area contributed by atoms with Gasteiger partial charge in [-0.25, -0.2) is 0 Å². The molecule has 55 heavy (non-hydrogen) atoms. The van der Waals surface area contributed by atoms with E-state index >= 15 is 0 Å². The van der Waals surface area contributed by atoms with Gasteiger partial charge in [-0.1, -0.05) is 129 Å². The number of hydrogen-bond donors (Lipinski definition) is 0. The number of rotatable bonds is 11. The van der Waals surface area contributed by atoms with Gasteiger partial charge in [-0.2, -0.15) is 0 Å². The smallest absolute Gasteiger partial charge is 0.305 e. The van der Waals surface area contributed by atoms with Crippen LogP contribution >= 0.6 is 0 Å². The maximum absolute atomic E-state index is 11.1. The number of esters is 2. The zero-order valence-electron chi connectivity index (χ0n) is 34.1. The molecule has 1 atom stereocenters. The number of ether oxygens (including phenoxy) is 3. The van der Waals surface area contributed by atoms with E-state index in [0.717, 1.165) is 37.7 Å². The van der Waals surface area contributed by atoms with E-state index in [4.69, 9.17) is 9.47 Å². The first-order valence-corrected chi connectivity index (χ1v) is 18.5. The minimum Gasteiger partial charge on any atom is -0.469 e. The highest BCUT2D eigenvalue weighted by Gasteiger charge is 2.17. The van der Waals surface area contributed by atoms with Crippen molar-refractivity contribution in [3.05, 3.63) is 152 Å². The number of benzene rings is 4. The molecule has 4 rings (SSSR count). The molecule has 0 saturated carbocycles. The first kappa shape index (κ1) is 54.7. The van der Waals surface area contributed by atoms with Crippen molar-refractivity contribution >= 4 is 11.9 Å². The monoisotopic (exact) mass is 757 g/mol. The van der Waals surface area contributed by atoms with Gasteiger partial charge in [-0.3, -0.25) is 9.59 Å². The third-order valence-corrected chi connectivity index (χ3v) is 9.11. The van der Waals surface area contributed by atoms with Crippen molar-refractivity contribution in [3.8, 4) is 0 Å². The summed E-state index contributed by atoms with van der Waals surface area (Å²) in [5, 5.41) is 0. The van der Waals surface area contributed by atoms with E-state index in [1.807, 2.05) is 18.2 Å². The molecule has 4 aromatic carbocycles. The van der Waals surface area contributed by atoms with Crippen molar-refractivity contribution < 1.29 is 23.8 Å². The van der Waals surface area contributed by atoms with Crippen molar-refractivity contribution in [2.24, 2.45) is 0 Å². The molecule has 5 heteroatoms. The summed E-state index contributed by atoms with van der Waals surface area (Å²) in [4.78, 5) is 22.1. The van der Waals surface area contributed by atoms with Crippen LogP contribution in [0.25, 0.3) is 0 Å². The Bertz CT molecular complexity index is 1680. The summed E-state index contributed by atoms with van der Waals surface area (Å²) in [6.45, 7) is 26.1. The largest absolute Gasteiger partial charge is 0.469 e. The van der Waals surface area contributed by atoms with Gasteiger partial charge in [0.15, 0.2) is 0 Å². The van der Waals surface area contributed by atoms with Crippen molar-refractivity contribution in [3.63, 3.8) is 0 Å². The van der Waals surface area contributed by atoms with E-state index in [1.54, 1.807) is 6.92 Å². The Morgan fingerprint density at radius 2 is 1.05 bits per heavy atom. The van der Waals surface area contributed by atoms with Crippen LogP contribution < -0.4 is 0 Å². The molecule has 0 fully saturated rings. The molecule has 0 bridgehead atoms. The molecule has 0 radical (unpaired) electrons. The second-order valence-corrected chi connectivity index (χ2v) is 12.9. The van der Waals surface area contributed by atoms with Crippen LogP contribution in [0.2, 0.25) is 0 Å². The van der Waals surface area contributed by atoms with Crippen molar-refractivity contribution in [2.75, 3.05) is 7.11 Å². The summed E-state index contributed by atoms with van der Waals surface area (Å²) in [6.07, 6.45) is 4.78. The van der Waals surface area contributed by atoms with Gasteiger partial charge in [0.2, 0.25) is 0 Å². The topological polar surface area (TPSA) is 61.8 Å². The minimum absolute atomic E-state index is 0. The number of hydrogen-bond acceptors (Lipinski definition) is 5. The molecule has 0 aliphatic carbocycles. The maximum Gasteiger partial charge on any atom is 0.305 e. The van der Waals surface area contributed by atoms with Gasteiger partial charge in [-0.05, 0) is 135 Å². The predicted octanol–water partition coefficient (Wildman–Crippen LogP) is 13.7. The molecule has 0 aliphatic heterocycles. The summed E-state index contributed by atoms with van der Waals surface area (Å²) in [7, 11) is 1.43. The van der Waals surface area contributed by atoms with Gasteiger partial charge in [0.1, 0.15) is 0 Å². The fourth-order valence-corrected chi connectivity index (χ4v) is 5.64. The normalized spacial score (nSPS) is 9.96. The molecule has 0 aromatic heterocycles. The van der Waals surface area contributed by atoms with Crippen LogP contribution in [-0.2, 0) is 55.9 Å². The van der Waals surface area contributed by atoms with Gasteiger partial charge in [0.05, 0.1) is 12.9 Å². The summed E-state index contributed by atoms with van der Waals surface area (Å²) in [6, 6.07) is 27.2. The Labute approximate surface area is 337 Å². The molecule has 1 unspecified atom stereocenters. The molecule has 4 aromatic rings. The van der Waals surface area contributed by atoms with E-state index in [1.165, 1.54) is 69.7 Å². The second-order valence-electron chi connectivity index (χ2n) is 12.9. The lowest BCUT2D eigenvalue weighted by Crippen LogP contribution is -2.12. The van der Waals surface area contributed by atoms with E-state index in [9.17, 15) is 9.59 Å². The number of allylic oxidation sites excluding steroid dienone is 1. The molecule has 0 saturated heterocycles. The SMILES string of the molecule is C.C.C.C=C(C)OC(OC(C)=O)c1ccc(C)c(CC)c1.CCc1cccc(C)c1C.CCc1cccc(CCC(=O)OC)c1C.CCc1ccccc1C. The number of aryl methyl sites for hydroxylation is 8. The zero-order valence-corrected chi connectivity index (χ0v) is 34.1. The molecule has 0 spiro atoms. The molecule has 0 amide bonds. The van der Waals surface area contributed by atoms with Crippen molar-refractivity contribution in [1.82, 2.24) is 0 Å². The highest BCUT2D eigenvalue weighted by molar-refractivity contribution is 5.69. The van der Waals surface area contributed by atoms with Crippen LogP contribution in [-0.4, -0.2) is 19.0 Å². The van der Waals surface area contributed by atoms with Gasteiger partial charge in [-0.15, -0.1) is 0 Å². The lowest BCUT2D eigenvalue weighted by molar-refractivity contribution is -0.170. The fourth-order valence-electron chi connectivity index (χ4n) is 5.64. The van der Waals surface area contributed by atoms with Crippen LogP contribution in [0.5, 0.6) is 0 Å². The third-order valence-electron chi connectivity index (χ3n) is 9.11. The van der Waals surface area contributed by atoms with Crippen LogP contribution in [0.1, 0.15) is 138 Å². The van der Waals surface area contributed by atoms with E-state index < -0.39 is 6.29 Å². The zero-order chi connectivity index (χ0) is 39.2. The second kappa shape index (κ2) is 29.7. The lowest BCUT2D eigenvalue weighted by atomic mass is 9.97. The lowest BCUT2D eigenvalue weighted by Gasteiger charge is -2.20. The van der Waals surface area contributed by atoms with Gasteiger partial charge >= 0.3 is 11.9 Å². The first-order chi connectivity index (χ1) is 24.7. The quantitative estimate of drug-likeness (QED) is 0.0866. The molecular weight excluding hydrogens is 681 g/mol. The standard InChI is InChI=1S/C15H20O3.C13H18O2.C10H14.C9H12.3CH4/c1-6-13-9-14(8-7-11(13)4)15(17-10(2)3)18-12(5)16;1-4-11-6-5-7-12(10(11)2)8-9-13(14)15-3;1-4-10-7-5-6-8(2)9(10)3;1-3-9-7-5-4-6-8(9)2;;;/h7-9,15H,2,6H2,1,3-5H3;5-7H,4,8-9H2,1-3H3;5-7H,4H2,1-3H3;4-7H,3H2,1-2H3;3*1H4. The minimum atomic E-state index is -0.717. The van der Waals surface area contributed by atoms with E-state index in [0.29, 0.717) is 12.2 Å². The Morgan fingerprint density at radius 1 is 0.582 bits per heavy atom. The Hall–Kier alpha value is -4.64. The molecule has 306 valence electrons. The Balaban J connectivity index is -0.000000665. The molecule has 0 heterocycles. The summed E-state index contributed by atoms with van der Waals surface area (Å²) >= 11 is 0. The predicted molar refractivity (Wildman–Crippen MR) is 238 cm³/mol. The summed E-state index contributed by atoms with van der Waals surface area (Å²) in [5.41, 5.74) is 14.4. The number of methoxy groups -OCH3 is 1. The third kappa shape index (κ3) is 20.0. The van der Waals surface area contributed by atoms with Crippen LogP contribution in [0.3, 0.4) is 0 Å². The molecular formula is C50H76O5. The maximum atomic E-state index is 11.1. The highest BCUT2D eigenvalue weighted by atomic mass is 16.7. The average molecular weight is 757 g/mol. The van der Waals surface area contributed by atoms with E-state index in [-0.39, 0.29) is 34.2 Å². The van der Waals surface area contributed by atoms with Gasteiger partial charge in [0.25, 0.3) is 6.29 Å². The van der Waals surface area contributed by atoms with Crippen LogP contribution in [0.15, 0.2) is 91.2 Å². The fraction of sp³-hybridized carbons (Fsp3) is 0.440. The average Bonchev–Trinajstić information content (AvgIpc) is 3.12. The van der Waals surface area contributed by atoms with Crippen LogP contribution in [0.4, 0.5) is 0 Å². The van der Waals surface area contributed by atoms with Crippen LogP contribution in [0, 0.1) is 34.6 Å². The highest BCUT2D eigenvalue weighted by Crippen LogP contribution is 2.24. The number of carbonyl (C=O) groups excluding carboxylic acids is 2. The Morgan fingerprint density at radius 3 is 1.53 bits per heavy atom. The van der Waals surface area contributed by atoms with Gasteiger partial charge in [0, 0.05) is 18.9 Å². The van der Waals surface area contributed by atoms with Crippen molar-refractivity contribution in [1.29, 1.82) is 0 Å².